The van der Waals surface area contributed by atoms with Crippen molar-refractivity contribution >= 4 is 22.7 Å². The van der Waals surface area contributed by atoms with E-state index in [1.807, 2.05) is 37.3 Å². The van der Waals surface area contributed by atoms with Crippen LogP contribution in [0.4, 0.5) is 4.39 Å². The normalized spacial score (nSPS) is 19.9. The molecule has 3 rings (SSSR count). The lowest BCUT2D eigenvalue weighted by Gasteiger charge is -2.37. The smallest absolute Gasteiger partial charge is 0.273 e. The molecule has 0 aliphatic carbocycles. The second-order valence-corrected chi connectivity index (χ2v) is 8.07. The summed E-state index contributed by atoms with van der Waals surface area (Å²) in [6.07, 6.45) is 0.684. The van der Waals surface area contributed by atoms with Gasteiger partial charge in [0, 0.05) is 12.2 Å². The van der Waals surface area contributed by atoms with Crippen LogP contribution < -0.4 is 5.73 Å². The number of ether oxygens (including phenoxy) is 1. The molecule has 2 atom stereocenters. The van der Waals surface area contributed by atoms with Gasteiger partial charge in [-0.3, -0.25) is 4.79 Å². The van der Waals surface area contributed by atoms with Gasteiger partial charge in [0.15, 0.2) is 0 Å². The average molecular weight is 416 g/mol. The number of nitrogens with two attached hydrogens (primary N) is 1. The molecular weight excluding hydrogens is 389 g/mol. The number of thioether (sulfide) groups is 1. The van der Waals surface area contributed by atoms with Crippen molar-refractivity contribution in [1.29, 1.82) is 0 Å². The van der Waals surface area contributed by atoms with E-state index in [9.17, 15) is 9.18 Å². The number of carbonyl (C=O) groups is 1. The van der Waals surface area contributed by atoms with E-state index < -0.39 is 11.0 Å². The van der Waals surface area contributed by atoms with Crippen molar-refractivity contribution in [1.82, 2.24) is 5.01 Å². The number of carbonyl (C=O) groups excluding carboxylic acids is 1. The molecule has 2 unspecified atom stereocenters. The van der Waals surface area contributed by atoms with Crippen molar-refractivity contribution in [2.45, 2.75) is 37.7 Å². The monoisotopic (exact) mass is 415 g/mol. The van der Waals surface area contributed by atoms with E-state index in [0.717, 1.165) is 5.56 Å². The molecule has 0 spiro atoms. The van der Waals surface area contributed by atoms with Crippen molar-refractivity contribution in [2.75, 3.05) is 13.2 Å². The third-order valence-electron chi connectivity index (χ3n) is 4.79. The molecule has 5 nitrogen and oxygen atoms in total. The molecule has 0 saturated carbocycles. The Morgan fingerprint density at radius 2 is 2.03 bits per heavy atom. The Morgan fingerprint density at radius 1 is 1.28 bits per heavy atom. The first-order valence-corrected chi connectivity index (χ1v) is 10.6. The maximum Gasteiger partial charge on any atom is 0.273 e. The second-order valence-electron chi connectivity index (χ2n) is 6.81. The first-order chi connectivity index (χ1) is 14.0. The molecule has 1 amide bonds. The fourth-order valence-corrected chi connectivity index (χ4v) is 4.78. The van der Waals surface area contributed by atoms with E-state index in [0.29, 0.717) is 36.6 Å². The van der Waals surface area contributed by atoms with Gasteiger partial charge in [-0.2, -0.15) is 5.10 Å². The molecule has 2 N–H and O–H groups in total. The fraction of sp³-hybridized carbons (Fsp3) is 0.364. The predicted octanol–water partition coefficient (Wildman–Crippen LogP) is 4.08. The summed E-state index contributed by atoms with van der Waals surface area (Å²) in [7, 11) is 0. The van der Waals surface area contributed by atoms with Gasteiger partial charge in [0.05, 0.1) is 0 Å². The van der Waals surface area contributed by atoms with Crippen LogP contribution in [0, 0.1) is 5.82 Å². The maximum atomic E-state index is 13.8. The predicted molar refractivity (Wildman–Crippen MR) is 115 cm³/mol. The summed E-state index contributed by atoms with van der Waals surface area (Å²) in [6, 6.07) is 16.1. The zero-order valence-electron chi connectivity index (χ0n) is 16.7. The molecule has 154 valence electrons. The summed E-state index contributed by atoms with van der Waals surface area (Å²) in [5.41, 5.74) is 7.40. The number of halogens is 1. The SMILES string of the molecule is CCOC(C)C(=O)N1N=C(c2cccc(F)c2)SC1(CCCN)c1ccccc1. The van der Waals surface area contributed by atoms with Gasteiger partial charge in [-0.1, -0.05) is 54.2 Å². The number of hydrazone groups is 1. The minimum Gasteiger partial charge on any atom is -0.369 e. The summed E-state index contributed by atoms with van der Waals surface area (Å²) in [4.78, 5) is 12.5. The van der Waals surface area contributed by atoms with Crippen molar-refractivity contribution in [3.8, 4) is 0 Å². The van der Waals surface area contributed by atoms with Crippen molar-refractivity contribution < 1.29 is 13.9 Å². The van der Waals surface area contributed by atoms with Crippen molar-refractivity contribution in [2.24, 2.45) is 10.8 Å². The lowest BCUT2D eigenvalue weighted by molar-refractivity contribution is -0.146. The first kappa shape index (κ1) is 21.5. The Kier molecular flexibility index (Phi) is 7.05. The number of hydrogen-bond acceptors (Lipinski definition) is 5. The number of amides is 1. The van der Waals surface area contributed by atoms with E-state index in [1.165, 1.54) is 28.9 Å². The minimum absolute atomic E-state index is 0.230. The van der Waals surface area contributed by atoms with Gasteiger partial charge >= 0.3 is 0 Å². The third-order valence-corrected chi connectivity index (χ3v) is 6.25. The molecule has 1 aliphatic heterocycles. The molecule has 0 fully saturated rings. The van der Waals surface area contributed by atoms with Gasteiger partial charge in [0.2, 0.25) is 0 Å². The summed E-state index contributed by atoms with van der Waals surface area (Å²) < 4.78 is 19.4. The van der Waals surface area contributed by atoms with Gasteiger partial charge in [-0.05, 0) is 50.9 Å². The molecule has 0 radical (unpaired) electrons. The molecule has 2 aromatic rings. The topological polar surface area (TPSA) is 67.9 Å². The van der Waals surface area contributed by atoms with Crippen LogP contribution in [0.1, 0.15) is 37.8 Å². The minimum atomic E-state index is -0.759. The van der Waals surface area contributed by atoms with Gasteiger partial charge in [-0.25, -0.2) is 9.40 Å². The highest BCUT2D eigenvalue weighted by molar-refractivity contribution is 8.15. The van der Waals surface area contributed by atoms with Crippen LogP contribution in [0.2, 0.25) is 0 Å². The lowest BCUT2D eigenvalue weighted by Crippen LogP contribution is -2.46. The standard InChI is InChI=1S/C22H26FN3O2S/c1-3-28-16(2)21(27)26-22(13-8-14-24,18-10-5-4-6-11-18)29-20(25-26)17-9-7-12-19(23)15-17/h4-7,9-12,15-16H,3,8,13-14,24H2,1-2H3. The van der Waals surface area contributed by atoms with Crippen LogP contribution in [0.25, 0.3) is 0 Å². The first-order valence-electron chi connectivity index (χ1n) is 9.76. The number of nitrogens with zero attached hydrogens (tertiary/aromatic N) is 2. The average Bonchev–Trinajstić information content (AvgIpc) is 3.13. The summed E-state index contributed by atoms with van der Waals surface area (Å²) in [5.74, 6) is -0.572. The number of benzene rings is 2. The molecule has 0 bridgehead atoms. The Labute approximate surface area is 175 Å². The maximum absolute atomic E-state index is 13.8. The van der Waals surface area contributed by atoms with E-state index in [-0.39, 0.29) is 11.7 Å². The highest BCUT2D eigenvalue weighted by Crippen LogP contribution is 2.50. The number of hydrogen-bond donors (Lipinski definition) is 1. The molecule has 29 heavy (non-hydrogen) atoms. The molecular formula is C22H26FN3O2S. The van der Waals surface area contributed by atoms with Crippen LogP contribution >= 0.6 is 11.8 Å². The van der Waals surface area contributed by atoms with Crippen molar-refractivity contribution in [3.63, 3.8) is 0 Å². The fourth-order valence-electron chi connectivity index (χ4n) is 3.38. The summed E-state index contributed by atoms with van der Waals surface area (Å²) in [5, 5.41) is 6.78. The van der Waals surface area contributed by atoms with E-state index >= 15 is 0 Å². The van der Waals surface area contributed by atoms with Crippen molar-refractivity contribution in [3.05, 3.63) is 71.5 Å². The zero-order valence-corrected chi connectivity index (χ0v) is 17.5. The van der Waals surface area contributed by atoms with E-state index in [1.54, 1.807) is 19.1 Å². The van der Waals surface area contributed by atoms with Gasteiger partial charge in [0.1, 0.15) is 21.8 Å². The molecule has 7 heteroatoms. The van der Waals surface area contributed by atoms with E-state index in [2.05, 4.69) is 5.10 Å². The highest BCUT2D eigenvalue weighted by atomic mass is 32.2. The van der Waals surface area contributed by atoms with Gasteiger partial charge in [0.25, 0.3) is 5.91 Å². The van der Waals surface area contributed by atoms with Crippen LogP contribution in [0.3, 0.4) is 0 Å². The molecule has 0 saturated heterocycles. The van der Waals surface area contributed by atoms with Gasteiger partial charge < -0.3 is 10.5 Å². The van der Waals surface area contributed by atoms with Crippen LogP contribution in [0.15, 0.2) is 59.7 Å². The largest absolute Gasteiger partial charge is 0.369 e. The third kappa shape index (κ3) is 4.52. The highest BCUT2D eigenvalue weighted by Gasteiger charge is 2.49. The van der Waals surface area contributed by atoms with E-state index in [4.69, 9.17) is 10.5 Å². The second kappa shape index (κ2) is 9.52. The number of rotatable bonds is 8. The Bertz CT molecular complexity index is 877. The molecule has 1 aliphatic rings. The van der Waals surface area contributed by atoms with Crippen LogP contribution in [0.5, 0.6) is 0 Å². The quantitative estimate of drug-likeness (QED) is 0.705. The van der Waals surface area contributed by atoms with Gasteiger partial charge in [-0.15, -0.1) is 0 Å². The zero-order chi connectivity index (χ0) is 20.9. The lowest BCUT2D eigenvalue weighted by atomic mass is 10.00. The summed E-state index contributed by atoms with van der Waals surface area (Å²) >= 11 is 1.46. The molecule has 0 aromatic heterocycles. The summed E-state index contributed by atoms with van der Waals surface area (Å²) in [6.45, 7) is 4.50. The molecule has 1 heterocycles. The Hall–Kier alpha value is -2.22. The Balaban J connectivity index is 2.10. The molecule has 2 aromatic carbocycles. The Morgan fingerprint density at radius 3 is 2.69 bits per heavy atom. The van der Waals surface area contributed by atoms with Crippen LogP contribution in [-0.4, -0.2) is 35.2 Å². The van der Waals surface area contributed by atoms with Crippen LogP contribution in [-0.2, 0) is 14.4 Å².